The van der Waals surface area contributed by atoms with Crippen molar-refractivity contribution in [2.24, 2.45) is 0 Å². The van der Waals surface area contributed by atoms with Gasteiger partial charge in [-0.2, -0.15) is 22.0 Å². The fourth-order valence-electron chi connectivity index (χ4n) is 0.324. The summed E-state index contributed by atoms with van der Waals surface area (Å²) in [4.78, 5) is 10.1. The second-order valence-electron chi connectivity index (χ2n) is 2.15. The molecule has 0 bridgehead atoms. The Kier molecular flexibility index (Phi) is 3.55. The molecule has 0 fully saturated rings. The highest BCUT2D eigenvalue weighted by molar-refractivity contribution is 5.85. The highest BCUT2D eigenvalue weighted by atomic mass is 19.3. The van der Waals surface area contributed by atoms with Gasteiger partial charge in [-0.15, -0.1) is 0 Å². The Morgan fingerprint density at radius 3 is 2.00 bits per heavy atom. The zero-order valence-electron chi connectivity index (χ0n) is 6.50. The predicted octanol–water partition coefficient (Wildman–Crippen LogP) is 2.21. The molecule has 0 unspecified atom stereocenters. The molecule has 0 saturated carbocycles. The predicted molar refractivity (Wildman–Crippen MR) is 32.2 cm³/mol. The lowest BCUT2D eigenvalue weighted by atomic mass is 10.3. The molecule has 0 amide bonds. The highest BCUT2D eigenvalue weighted by Crippen LogP contribution is 2.36. The van der Waals surface area contributed by atoms with Crippen LogP contribution in [0.1, 0.15) is 0 Å². The molecule has 2 nitrogen and oxygen atoms in total. The van der Waals surface area contributed by atoms with Crippen molar-refractivity contribution in [3.05, 3.63) is 12.4 Å². The number of rotatable bonds is 4. The molecular formula is C6H4F6O2. The standard InChI is InChI=1S/C6H4F6O2/c1-3(8)4(13)14-6(11,12)5(9,10)2-7/h1-2H2. The number of alkyl halides is 5. The van der Waals surface area contributed by atoms with Crippen molar-refractivity contribution in [1.82, 2.24) is 0 Å². The van der Waals surface area contributed by atoms with E-state index in [4.69, 9.17) is 0 Å². The lowest BCUT2D eigenvalue weighted by Gasteiger charge is -2.22. The highest BCUT2D eigenvalue weighted by Gasteiger charge is 2.60. The minimum atomic E-state index is -5.41. The third-order valence-electron chi connectivity index (χ3n) is 1.04. The lowest BCUT2D eigenvalue weighted by molar-refractivity contribution is -0.332. The molecule has 0 spiro atoms. The van der Waals surface area contributed by atoms with Crippen LogP contribution in [0.5, 0.6) is 0 Å². The van der Waals surface area contributed by atoms with Crippen LogP contribution in [0.4, 0.5) is 26.3 Å². The smallest absolute Gasteiger partial charge is 0.391 e. The van der Waals surface area contributed by atoms with Crippen LogP contribution < -0.4 is 0 Å². The van der Waals surface area contributed by atoms with E-state index in [-0.39, 0.29) is 0 Å². The van der Waals surface area contributed by atoms with Crippen LogP contribution >= 0.6 is 0 Å². The molecular weight excluding hydrogens is 218 g/mol. The zero-order valence-corrected chi connectivity index (χ0v) is 6.50. The zero-order chi connectivity index (χ0) is 11.6. The molecule has 0 rings (SSSR count). The van der Waals surface area contributed by atoms with E-state index in [0.717, 1.165) is 0 Å². The number of esters is 1. The average molecular weight is 222 g/mol. The minimum Gasteiger partial charge on any atom is -0.391 e. The molecule has 0 heterocycles. The van der Waals surface area contributed by atoms with Crippen molar-refractivity contribution < 1.29 is 35.9 Å². The number of carbonyl (C=O) groups excluding carboxylic acids is 1. The van der Waals surface area contributed by atoms with Gasteiger partial charge in [-0.3, -0.25) is 0 Å². The Morgan fingerprint density at radius 2 is 1.71 bits per heavy atom. The quantitative estimate of drug-likeness (QED) is 0.414. The van der Waals surface area contributed by atoms with Crippen LogP contribution in [0, 0.1) is 0 Å². The molecule has 14 heavy (non-hydrogen) atoms. The topological polar surface area (TPSA) is 26.3 Å². The SMILES string of the molecule is C=C(F)C(=O)OC(F)(F)C(F)(F)CF. The first-order valence-corrected chi connectivity index (χ1v) is 3.03. The summed E-state index contributed by atoms with van der Waals surface area (Å²) in [5, 5.41) is 0. The Labute approximate surface area is 74.1 Å². The fraction of sp³-hybridized carbons (Fsp3) is 0.500. The number of halogens is 6. The largest absolute Gasteiger partial charge is 0.469 e. The summed E-state index contributed by atoms with van der Waals surface area (Å²) in [5.74, 6) is -9.56. The minimum absolute atomic E-state index is 1.99. The third-order valence-corrected chi connectivity index (χ3v) is 1.04. The summed E-state index contributed by atoms with van der Waals surface area (Å²) < 4.78 is 74.2. The van der Waals surface area contributed by atoms with E-state index in [1.54, 1.807) is 0 Å². The van der Waals surface area contributed by atoms with Gasteiger partial charge in [0.05, 0.1) is 0 Å². The van der Waals surface area contributed by atoms with Crippen molar-refractivity contribution in [2.45, 2.75) is 12.0 Å². The van der Waals surface area contributed by atoms with E-state index in [2.05, 4.69) is 11.3 Å². The third kappa shape index (κ3) is 2.64. The molecule has 0 atom stereocenters. The Morgan fingerprint density at radius 1 is 1.29 bits per heavy atom. The molecule has 0 aliphatic rings. The number of carbonyl (C=O) groups is 1. The van der Waals surface area contributed by atoms with Crippen molar-refractivity contribution in [1.29, 1.82) is 0 Å². The molecule has 8 heteroatoms. The maximum Gasteiger partial charge on any atom is 0.469 e. The van der Waals surface area contributed by atoms with Crippen LogP contribution in [-0.2, 0) is 9.53 Å². The van der Waals surface area contributed by atoms with Crippen LogP contribution in [0.3, 0.4) is 0 Å². The summed E-state index contributed by atoms with van der Waals surface area (Å²) >= 11 is 0. The maximum atomic E-state index is 12.2. The van der Waals surface area contributed by atoms with Gasteiger partial charge in [-0.25, -0.2) is 9.18 Å². The summed E-state index contributed by atoms with van der Waals surface area (Å²) in [6.45, 7) is -0.510. The molecule has 0 aromatic heterocycles. The summed E-state index contributed by atoms with van der Waals surface area (Å²) in [6.07, 6.45) is -5.41. The molecule has 0 N–H and O–H groups in total. The molecule has 0 aliphatic heterocycles. The molecule has 0 aromatic rings. The van der Waals surface area contributed by atoms with Crippen LogP contribution in [0.25, 0.3) is 0 Å². The number of hydrogen-bond donors (Lipinski definition) is 0. The first kappa shape index (κ1) is 12.8. The van der Waals surface area contributed by atoms with Gasteiger partial charge in [0.25, 0.3) is 0 Å². The first-order valence-electron chi connectivity index (χ1n) is 3.03. The maximum absolute atomic E-state index is 12.2. The van der Waals surface area contributed by atoms with Crippen molar-refractivity contribution in [2.75, 3.05) is 6.67 Å². The summed E-state index contributed by atoms with van der Waals surface area (Å²) in [7, 11) is 0. The van der Waals surface area contributed by atoms with Crippen molar-refractivity contribution in [3.63, 3.8) is 0 Å². The second kappa shape index (κ2) is 3.89. The number of ether oxygens (including phenoxy) is 1. The number of hydrogen-bond acceptors (Lipinski definition) is 2. The van der Waals surface area contributed by atoms with E-state index in [9.17, 15) is 31.1 Å². The first-order chi connectivity index (χ1) is 6.14. The van der Waals surface area contributed by atoms with Gasteiger partial charge in [0.2, 0.25) is 5.83 Å². The normalized spacial score (nSPS) is 12.4. The molecule has 0 aliphatic carbocycles. The van der Waals surface area contributed by atoms with E-state index in [0.29, 0.717) is 0 Å². The van der Waals surface area contributed by atoms with Crippen molar-refractivity contribution >= 4 is 5.97 Å². The van der Waals surface area contributed by atoms with Crippen LogP contribution in [0.2, 0.25) is 0 Å². The van der Waals surface area contributed by atoms with E-state index in [1.807, 2.05) is 0 Å². The van der Waals surface area contributed by atoms with Crippen molar-refractivity contribution in [3.8, 4) is 0 Å². The van der Waals surface area contributed by atoms with E-state index >= 15 is 0 Å². The average Bonchev–Trinajstić information content (AvgIpc) is 2.03. The molecule has 82 valence electrons. The van der Waals surface area contributed by atoms with Gasteiger partial charge < -0.3 is 4.74 Å². The van der Waals surface area contributed by atoms with Gasteiger partial charge >= 0.3 is 18.0 Å². The molecule has 0 radical (unpaired) electrons. The Bertz CT molecular complexity index is 249. The van der Waals surface area contributed by atoms with E-state index in [1.165, 1.54) is 0 Å². The Balaban J connectivity index is 4.65. The molecule has 0 saturated heterocycles. The van der Waals surface area contributed by atoms with Crippen LogP contribution in [-0.4, -0.2) is 24.7 Å². The molecule has 0 aromatic carbocycles. The fourth-order valence-corrected chi connectivity index (χ4v) is 0.324. The lowest BCUT2D eigenvalue weighted by Crippen LogP contribution is -2.45. The summed E-state index contributed by atoms with van der Waals surface area (Å²) in [5.41, 5.74) is 0. The van der Waals surface area contributed by atoms with Crippen LogP contribution in [0.15, 0.2) is 12.4 Å². The monoisotopic (exact) mass is 222 g/mol. The Hall–Kier alpha value is -1.21. The second-order valence-corrected chi connectivity index (χ2v) is 2.15. The van der Waals surface area contributed by atoms with E-state index < -0.39 is 30.5 Å². The summed E-state index contributed by atoms with van der Waals surface area (Å²) in [6, 6.07) is 0. The van der Waals surface area contributed by atoms with Gasteiger partial charge in [0, 0.05) is 0 Å². The van der Waals surface area contributed by atoms with Gasteiger partial charge in [-0.1, -0.05) is 6.58 Å². The van der Waals surface area contributed by atoms with Gasteiger partial charge in [0.1, 0.15) is 0 Å². The van der Waals surface area contributed by atoms with Gasteiger partial charge in [-0.05, 0) is 0 Å². The van der Waals surface area contributed by atoms with Gasteiger partial charge in [0.15, 0.2) is 6.67 Å².